The van der Waals surface area contributed by atoms with Gasteiger partial charge in [-0.25, -0.2) is 9.97 Å². The van der Waals surface area contributed by atoms with Crippen molar-refractivity contribution in [2.45, 2.75) is 50.9 Å². The second-order valence-corrected chi connectivity index (χ2v) is 9.69. The first-order chi connectivity index (χ1) is 11.9. The van der Waals surface area contributed by atoms with E-state index in [9.17, 15) is 0 Å². The van der Waals surface area contributed by atoms with E-state index in [0.29, 0.717) is 28.1 Å². The van der Waals surface area contributed by atoms with Crippen LogP contribution in [0.4, 0.5) is 5.82 Å². The third kappa shape index (κ3) is 3.27. The Labute approximate surface area is 155 Å². The van der Waals surface area contributed by atoms with Gasteiger partial charge in [0, 0.05) is 16.7 Å². The van der Waals surface area contributed by atoms with Crippen LogP contribution in [0, 0.1) is 11.3 Å². The summed E-state index contributed by atoms with van der Waals surface area (Å²) in [6.07, 6.45) is 4.99. The number of nitrogen functional groups attached to an aromatic ring is 1. The molecule has 0 saturated carbocycles. The van der Waals surface area contributed by atoms with Gasteiger partial charge in [-0.1, -0.05) is 37.7 Å². The average molecular weight is 375 g/mol. The number of rotatable bonds is 3. The third-order valence-electron chi connectivity index (χ3n) is 4.98. The van der Waals surface area contributed by atoms with Gasteiger partial charge in [-0.05, 0) is 36.2 Å². The van der Waals surface area contributed by atoms with Crippen molar-refractivity contribution in [2.75, 3.05) is 5.73 Å². The van der Waals surface area contributed by atoms with Crippen molar-refractivity contribution in [2.24, 2.45) is 11.3 Å². The van der Waals surface area contributed by atoms with Crippen molar-refractivity contribution < 1.29 is 4.52 Å². The molecule has 0 radical (unpaired) electrons. The summed E-state index contributed by atoms with van der Waals surface area (Å²) in [5, 5.41) is 5.71. The van der Waals surface area contributed by atoms with E-state index in [2.05, 4.69) is 30.9 Å². The second kappa shape index (κ2) is 6.29. The van der Waals surface area contributed by atoms with Crippen LogP contribution in [-0.4, -0.2) is 15.1 Å². The van der Waals surface area contributed by atoms with E-state index < -0.39 is 0 Å². The van der Waals surface area contributed by atoms with Crippen LogP contribution >= 0.6 is 23.1 Å². The van der Waals surface area contributed by atoms with E-state index in [1.165, 1.54) is 28.6 Å². The van der Waals surface area contributed by atoms with Gasteiger partial charge >= 0.3 is 0 Å². The van der Waals surface area contributed by atoms with Gasteiger partial charge in [-0.15, -0.1) is 11.3 Å². The fraction of sp³-hybridized carbons (Fsp3) is 0.500. The SMILES string of the molecule is CC(C)(C)C1CCc2c(sc3nc(SCc4ccon4)nc(N)c23)C1. The van der Waals surface area contributed by atoms with Crippen LogP contribution in [0.3, 0.4) is 0 Å². The van der Waals surface area contributed by atoms with Crippen LogP contribution < -0.4 is 5.73 Å². The molecule has 25 heavy (non-hydrogen) atoms. The van der Waals surface area contributed by atoms with Crippen LogP contribution in [0.2, 0.25) is 0 Å². The van der Waals surface area contributed by atoms with Gasteiger partial charge in [0.25, 0.3) is 0 Å². The monoisotopic (exact) mass is 374 g/mol. The third-order valence-corrected chi connectivity index (χ3v) is 7.01. The van der Waals surface area contributed by atoms with Crippen LogP contribution in [0.1, 0.15) is 43.3 Å². The van der Waals surface area contributed by atoms with Crippen LogP contribution in [0.25, 0.3) is 10.2 Å². The fourth-order valence-electron chi connectivity index (χ4n) is 3.44. The summed E-state index contributed by atoms with van der Waals surface area (Å²) in [5.74, 6) is 2.00. The Bertz CT molecular complexity index is 896. The number of fused-ring (bicyclic) bond motifs is 3. The predicted octanol–water partition coefficient (Wildman–Crippen LogP) is 4.70. The predicted molar refractivity (Wildman–Crippen MR) is 103 cm³/mol. The molecular formula is C18H22N4OS2. The van der Waals surface area contributed by atoms with Gasteiger partial charge in [0.2, 0.25) is 0 Å². The molecule has 0 spiro atoms. The van der Waals surface area contributed by atoms with Crippen LogP contribution in [-0.2, 0) is 18.6 Å². The molecule has 3 heterocycles. The maximum Gasteiger partial charge on any atom is 0.191 e. The number of anilines is 1. The molecule has 132 valence electrons. The lowest BCUT2D eigenvalue weighted by Gasteiger charge is -2.33. The Morgan fingerprint density at radius 1 is 1.36 bits per heavy atom. The smallest absolute Gasteiger partial charge is 0.191 e. The Balaban J connectivity index is 1.64. The highest BCUT2D eigenvalue weighted by molar-refractivity contribution is 7.98. The summed E-state index contributed by atoms with van der Waals surface area (Å²) in [5.41, 5.74) is 8.90. The minimum absolute atomic E-state index is 0.337. The number of hydrogen-bond acceptors (Lipinski definition) is 7. The van der Waals surface area contributed by atoms with Crippen molar-refractivity contribution in [3.05, 3.63) is 28.5 Å². The maximum atomic E-state index is 6.30. The van der Waals surface area contributed by atoms with E-state index >= 15 is 0 Å². The van der Waals surface area contributed by atoms with E-state index in [1.54, 1.807) is 17.6 Å². The largest absolute Gasteiger partial charge is 0.383 e. The molecule has 5 nitrogen and oxygen atoms in total. The average Bonchev–Trinajstić information content (AvgIpc) is 3.18. The number of nitrogens with two attached hydrogens (primary N) is 1. The lowest BCUT2D eigenvalue weighted by molar-refractivity contribution is 0.218. The summed E-state index contributed by atoms with van der Waals surface area (Å²) in [6.45, 7) is 7.01. The molecule has 0 aromatic carbocycles. The van der Waals surface area contributed by atoms with Gasteiger partial charge in [0.1, 0.15) is 16.9 Å². The molecule has 1 unspecified atom stereocenters. The molecule has 3 aromatic heterocycles. The number of hydrogen-bond donors (Lipinski definition) is 1. The van der Waals surface area contributed by atoms with Gasteiger partial charge in [-0.3, -0.25) is 0 Å². The summed E-state index contributed by atoms with van der Waals surface area (Å²) in [6, 6.07) is 1.85. The van der Waals surface area contributed by atoms with Crippen molar-refractivity contribution in [3.8, 4) is 0 Å². The number of aromatic nitrogens is 3. The second-order valence-electron chi connectivity index (χ2n) is 7.66. The van der Waals surface area contributed by atoms with Gasteiger partial charge < -0.3 is 10.3 Å². The molecule has 2 N–H and O–H groups in total. The quantitative estimate of drug-likeness (QED) is 0.529. The lowest BCUT2D eigenvalue weighted by atomic mass is 9.72. The van der Waals surface area contributed by atoms with Crippen molar-refractivity contribution >= 4 is 39.1 Å². The Morgan fingerprint density at radius 2 is 2.20 bits per heavy atom. The van der Waals surface area contributed by atoms with Gasteiger partial charge in [0.15, 0.2) is 5.16 Å². The lowest BCUT2D eigenvalue weighted by Crippen LogP contribution is -2.26. The Hall–Kier alpha value is -1.60. The van der Waals surface area contributed by atoms with E-state index in [4.69, 9.17) is 15.2 Å². The number of thiophene rings is 1. The van der Waals surface area contributed by atoms with Crippen LogP contribution in [0.15, 0.2) is 22.0 Å². The summed E-state index contributed by atoms with van der Waals surface area (Å²) in [4.78, 5) is 11.8. The first-order valence-corrected chi connectivity index (χ1v) is 10.3. The Morgan fingerprint density at radius 3 is 2.92 bits per heavy atom. The van der Waals surface area contributed by atoms with E-state index in [0.717, 1.165) is 28.8 Å². The molecule has 1 aliphatic carbocycles. The molecule has 4 rings (SSSR count). The zero-order chi connectivity index (χ0) is 17.6. The van der Waals surface area contributed by atoms with Gasteiger partial charge in [0.05, 0.1) is 11.1 Å². The first kappa shape index (κ1) is 16.8. The van der Waals surface area contributed by atoms with Crippen molar-refractivity contribution in [3.63, 3.8) is 0 Å². The molecule has 0 aliphatic heterocycles. The molecule has 0 bridgehead atoms. The number of thioether (sulfide) groups is 1. The van der Waals surface area contributed by atoms with E-state index in [-0.39, 0.29) is 0 Å². The molecule has 7 heteroatoms. The molecule has 0 amide bonds. The number of aryl methyl sites for hydroxylation is 1. The normalized spacial score (nSPS) is 17.8. The van der Waals surface area contributed by atoms with Crippen molar-refractivity contribution in [1.82, 2.24) is 15.1 Å². The zero-order valence-electron chi connectivity index (χ0n) is 14.7. The highest BCUT2D eigenvalue weighted by atomic mass is 32.2. The molecule has 0 fully saturated rings. The van der Waals surface area contributed by atoms with Gasteiger partial charge in [-0.2, -0.15) is 0 Å². The topological polar surface area (TPSA) is 77.8 Å². The number of nitrogens with zero attached hydrogens (tertiary/aromatic N) is 3. The first-order valence-electron chi connectivity index (χ1n) is 8.51. The standard InChI is InChI=1S/C18H22N4OS2/c1-18(2,3)10-4-5-12-13(8-10)25-16-14(12)15(19)20-17(21-16)24-9-11-6-7-23-22-11/h6-7,10H,4-5,8-9H2,1-3H3,(H2,19,20,21). The molecule has 1 atom stereocenters. The minimum atomic E-state index is 0.337. The minimum Gasteiger partial charge on any atom is -0.383 e. The summed E-state index contributed by atoms with van der Waals surface area (Å²) >= 11 is 3.33. The summed E-state index contributed by atoms with van der Waals surface area (Å²) in [7, 11) is 0. The molecule has 0 saturated heterocycles. The van der Waals surface area contributed by atoms with Crippen LogP contribution in [0.5, 0.6) is 0 Å². The van der Waals surface area contributed by atoms with Crippen molar-refractivity contribution in [1.29, 1.82) is 0 Å². The molecule has 1 aliphatic rings. The highest BCUT2D eigenvalue weighted by Crippen LogP contribution is 2.44. The van der Waals surface area contributed by atoms with E-state index in [1.807, 2.05) is 6.07 Å². The maximum absolute atomic E-state index is 6.30. The molecular weight excluding hydrogens is 352 g/mol. The molecule has 3 aromatic rings. The Kier molecular flexibility index (Phi) is 4.24. The fourth-order valence-corrected chi connectivity index (χ4v) is 5.55. The summed E-state index contributed by atoms with van der Waals surface area (Å²) < 4.78 is 4.86. The highest BCUT2D eigenvalue weighted by Gasteiger charge is 2.31. The zero-order valence-corrected chi connectivity index (χ0v) is 16.3.